The Morgan fingerprint density at radius 3 is 2.86 bits per heavy atom. The number of aryl methyl sites for hydroxylation is 1. The Morgan fingerprint density at radius 1 is 1.25 bits per heavy atom. The maximum Gasteiger partial charge on any atom is 0.317 e. The number of benzene rings is 1. The molecule has 0 aliphatic carbocycles. The quantitative estimate of drug-likeness (QED) is 0.757. The van der Waals surface area contributed by atoms with E-state index in [2.05, 4.69) is 22.8 Å². The van der Waals surface area contributed by atoms with Crippen LogP contribution in [-0.2, 0) is 16.0 Å². The topological polar surface area (TPSA) is 70.7 Å². The highest BCUT2D eigenvalue weighted by molar-refractivity contribution is 5.76. The van der Waals surface area contributed by atoms with Crippen LogP contribution in [0.25, 0.3) is 0 Å². The molecule has 3 aliphatic rings. The number of ether oxygens (including phenoxy) is 1. The maximum atomic E-state index is 12.3. The normalized spacial score (nSPS) is 30.3. The first kappa shape index (κ1) is 19.2. The molecule has 3 saturated heterocycles. The van der Waals surface area contributed by atoms with E-state index in [1.54, 1.807) is 0 Å². The van der Waals surface area contributed by atoms with E-state index >= 15 is 0 Å². The first-order chi connectivity index (χ1) is 13.6. The second-order valence-corrected chi connectivity index (χ2v) is 8.39. The van der Waals surface area contributed by atoms with Crippen LogP contribution in [0.1, 0.15) is 38.2 Å². The van der Waals surface area contributed by atoms with Gasteiger partial charge in [-0.25, -0.2) is 4.79 Å². The summed E-state index contributed by atoms with van der Waals surface area (Å²) < 4.78 is 6.35. The summed E-state index contributed by atoms with van der Waals surface area (Å²) in [6, 6.07) is 10.3. The molecule has 0 aromatic heterocycles. The molecule has 3 fully saturated rings. The van der Waals surface area contributed by atoms with E-state index in [-0.39, 0.29) is 23.6 Å². The lowest BCUT2D eigenvalue weighted by Gasteiger charge is -2.29. The second-order valence-electron chi connectivity index (χ2n) is 8.39. The molecule has 3 heterocycles. The van der Waals surface area contributed by atoms with E-state index in [9.17, 15) is 9.59 Å². The molecule has 3 aliphatic heterocycles. The molecule has 2 bridgehead atoms. The monoisotopic (exact) mass is 385 g/mol. The van der Waals surface area contributed by atoms with Crippen LogP contribution >= 0.6 is 0 Å². The number of likely N-dealkylation sites (tertiary alicyclic amines) is 1. The molecule has 3 amide bonds. The van der Waals surface area contributed by atoms with Gasteiger partial charge in [0.2, 0.25) is 5.91 Å². The Kier molecular flexibility index (Phi) is 5.58. The predicted molar refractivity (Wildman–Crippen MR) is 107 cm³/mol. The molecule has 0 saturated carbocycles. The lowest BCUT2D eigenvalue weighted by Crippen LogP contribution is -2.41. The van der Waals surface area contributed by atoms with E-state index in [1.165, 1.54) is 5.56 Å². The highest BCUT2D eigenvalue weighted by atomic mass is 16.5. The van der Waals surface area contributed by atoms with Gasteiger partial charge in [0.25, 0.3) is 0 Å². The molecule has 28 heavy (non-hydrogen) atoms. The van der Waals surface area contributed by atoms with Gasteiger partial charge in [-0.1, -0.05) is 30.3 Å². The third kappa shape index (κ3) is 3.75. The number of rotatable bonds is 7. The van der Waals surface area contributed by atoms with Gasteiger partial charge < -0.3 is 20.3 Å². The van der Waals surface area contributed by atoms with E-state index in [4.69, 9.17) is 4.74 Å². The minimum atomic E-state index is -0.182. The summed E-state index contributed by atoms with van der Waals surface area (Å²) in [6.07, 6.45) is 4.63. The van der Waals surface area contributed by atoms with Gasteiger partial charge >= 0.3 is 6.03 Å². The summed E-state index contributed by atoms with van der Waals surface area (Å²) in [5.74, 6) is 0.760. The number of carbonyl (C=O) groups excluding carboxylic acids is 2. The van der Waals surface area contributed by atoms with Crippen LogP contribution in [0.3, 0.4) is 0 Å². The van der Waals surface area contributed by atoms with Crippen molar-refractivity contribution in [2.24, 2.45) is 11.8 Å². The fourth-order valence-corrected chi connectivity index (χ4v) is 5.30. The summed E-state index contributed by atoms with van der Waals surface area (Å²) in [5, 5.41) is 6.03. The standard InChI is InChI=1S/C22H31N3O3/c1-2-23-21(27)25-14-18-17(19-11-12-22(18,15-25)28-19)13-24-20(26)10-6-9-16-7-4-3-5-8-16/h3-5,7-8,17-19H,2,6,9-15H2,1H3,(H,23,27)(H,24,26)/t17-,18+,19+,22+/m0/s1. The number of hydrogen-bond acceptors (Lipinski definition) is 3. The van der Waals surface area contributed by atoms with Crippen LogP contribution in [0.5, 0.6) is 0 Å². The first-order valence-corrected chi connectivity index (χ1v) is 10.6. The lowest BCUT2D eigenvalue weighted by molar-refractivity contribution is -0.121. The van der Waals surface area contributed by atoms with Crippen LogP contribution in [0.2, 0.25) is 0 Å². The fourth-order valence-electron chi connectivity index (χ4n) is 5.30. The largest absolute Gasteiger partial charge is 0.369 e. The molecule has 6 nitrogen and oxygen atoms in total. The summed E-state index contributed by atoms with van der Waals surface area (Å²) in [5.41, 5.74) is 1.09. The van der Waals surface area contributed by atoms with Crippen molar-refractivity contribution in [3.63, 3.8) is 0 Å². The number of amides is 3. The Morgan fingerprint density at radius 2 is 2.07 bits per heavy atom. The Balaban J connectivity index is 1.26. The van der Waals surface area contributed by atoms with Gasteiger partial charge in [0.05, 0.1) is 18.2 Å². The van der Waals surface area contributed by atoms with Gasteiger partial charge in [0, 0.05) is 37.9 Å². The van der Waals surface area contributed by atoms with Crippen molar-refractivity contribution in [3.05, 3.63) is 35.9 Å². The zero-order valence-electron chi connectivity index (χ0n) is 16.7. The summed E-state index contributed by atoms with van der Waals surface area (Å²) >= 11 is 0. The SMILES string of the molecule is CCNC(=O)N1C[C@@H]2[C@H](CNC(=O)CCCc3ccccc3)[C@H]3CC[C@]2(C1)O3. The molecular weight excluding hydrogens is 354 g/mol. The van der Waals surface area contributed by atoms with Crippen molar-refractivity contribution >= 4 is 11.9 Å². The van der Waals surface area contributed by atoms with Gasteiger partial charge in [-0.2, -0.15) is 0 Å². The number of fused-ring (bicyclic) bond motifs is 1. The van der Waals surface area contributed by atoms with Crippen molar-refractivity contribution in [1.82, 2.24) is 15.5 Å². The molecule has 0 unspecified atom stereocenters. The van der Waals surface area contributed by atoms with Gasteiger partial charge in [-0.3, -0.25) is 4.79 Å². The minimum Gasteiger partial charge on any atom is -0.369 e. The number of carbonyl (C=O) groups is 2. The number of hydrogen-bond donors (Lipinski definition) is 2. The summed E-state index contributed by atoms with van der Waals surface area (Å²) in [7, 11) is 0. The molecular formula is C22H31N3O3. The van der Waals surface area contributed by atoms with Crippen LogP contribution in [0.4, 0.5) is 4.79 Å². The average molecular weight is 386 g/mol. The summed E-state index contributed by atoms with van der Waals surface area (Å²) in [4.78, 5) is 26.5. The van der Waals surface area contributed by atoms with E-state index in [1.807, 2.05) is 30.0 Å². The number of nitrogens with zero attached hydrogens (tertiary/aromatic N) is 1. The molecule has 152 valence electrons. The van der Waals surface area contributed by atoms with Crippen LogP contribution in [0.15, 0.2) is 30.3 Å². The van der Waals surface area contributed by atoms with Crippen LogP contribution in [-0.4, -0.2) is 54.7 Å². The zero-order chi connectivity index (χ0) is 19.6. The van der Waals surface area contributed by atoms with Crippen LogP contribution in [0, 0.1) is 11.8 Å². The average Bonchev–Trinajstić information content (AvgIpc) is 3.36. The van der Waals surface area contributed by atoms with E-state index in [0.717, 1.165) is 32.2 Å². The summed E-state index contributed by atoms with van der Waals surface area (Å²) in [6.45, 7) is 4.65. The third-order valence-electron chi connectivity index (χ3n) is 6.65. The van der Waals surface area contributed by atoms with Crippen molar-refractivity contribution in [2.45, 2.75) is 50.7 Å². The van der Waals surface area contributed by atoms with Crippen molar-refractivity contribution in [1.29, 1.82) is 0 Å². The van der Waals surface area contributed by atoms with Crippen molar-refractivity contribution in [2.75, 3.05) is 26.2 Å². The number of urea groups is 1. The second kappa shape index (κ2) is 8.11. The molecule has 0 radical (unpaired) electrons. The van der Waals surface area contributed by atoms with E-state index < -0.39 is 0 Å². The zero-order valence-corrected chi connectivity index (χ0v) is 16.7. The van der Waals surface area contributed by atoms with Gasteiger partial charge in [0.1, 0.15) is 0 Å². The van der Waals surface area contributed by atoms with Crippen molar-refractivity contribution < 1.29 is 14.3 Å². The molecule has 2 N–H and O–H groups in total. The lowest BCUT2D eigenvalue weighted by atomic mass is 9.73. The smallest absolute Gasteiger partial charge is 0.317 e. The minimum absolute atomic E-state index is 0.00187. The molecule has 4 rings (SSSR count). The Hall–Kier alpha value is -2.08. The fraction of sp³-hybridized carbons (Fsp3) is 0.636. The number of nitrogens with one attached hydrogen (secondary N) is 2. The van der Waals surface area contributed by atoms with Gasteiger partial charge in [0.15, 0.2) is 0 Å². The maximum absolute atomic E-state index is 12.3. The molecule has 1 aromatic rings. The van der Waals surface area contributed by atoms with E-state index in [0.29, 0.717) is 37.9 Å². The molecule has 6 heteroatoms. The van der Waals surface area contributed by atoms with Crippen LogP contribution < -0.4 is 10.6 Å². The highest BCUT2D eigenvalue weighted by Gasteiger charge is 2.63. The highest BCUT2D eigenvalue weighted by Crippen LogP contribution is 2.54. The molecule has 1 spiro atoms. The molecule has 4 atom stereocenters. The van der Waals surface area contributed by atoms with Gasteiger partial charge in [-0.05, 0) is 38.2 Å². The third-order valence-corrected chi connectivity index (χ3v) is 6.65. The molecule has 1 aromatic carbocycles. The van der Waals surface area contributed by atoms with Gasteiger partial charge in [-0.15, -0.1) is 0 Å². The Bertz CT molecular complexity index is 710. The predicted octanol–water partition coefficient (Wildman–Crippen LogP) is 2.33. The first-order valence-electron chi connectivity index (χ1n) is 10.6. The van der Waals surface area contributed by atoms with Crippen molar-refractivity contribution in [3.8, 4) is 0 Å². The Labute approximate surface area is 167 Å².